The third kappa shape index (κ3) is 3.10. The Morgan fingerprint density at radius 1 is 1.39 bits per heavy atom. The fourth-order valence-corrected chi connectivity index (χ4v) is 2.54. The maximum Gasteiger partial charge on any atom is 0.237 e. The summed E-state index contributed by atoms with van der Waals surface area (Å²) in [4.78, 5) is 12.1. The van der Waals surface area contributed by atoms with Gasteiger partial charge in [-0.15, -0.1) is 0 Å². The Bertz CT molecular complexity index is 411. The van der Waals surface area contributed by atoms with Gasteiger partial charge in [0.2, 0.25) is 5.91 Å². The van der Waals surface area contributed by atoms with Gasteiger partial charge in [0.25, 0.3) is 0 Å². The molecule has 0 aromatic heterocycles. The molecule has 1 aliphatic heterocycles. The van der Waals surface area contributed by atoms with E-state index in [1.807, 2.05) is 19.1 Å². The van der Waals surface area contributed by atoms with E-state index in [4.69, 9.17) is 0 Å². The first-order valence-electron chi connectivity index (χ1n) is 6.78. The average molecular weight is 246 g/mol. The summed E-state index contributed by atoms with van der Waals surface area (Å²) in [5.41, 5.74) is 2.42. The van der Waals surface area contributed by atoms with Gasteiger partial charge in [0.05, 0.1) is 12.1 Å². The first kappa shape index (κ1) is 13.1. The molecule has 0 bridgehead atoms. The molecule has 0 unspecified atom stereocenters. The van der Waals surface area contributed by atoms with E-state index in [0.29, 0.717) is 0 Å². The standard InChI is InChI=1S/C15H22N2O/c1-11-7-3-4-8-13(11)12(2)17-15(18)14-9-5-6-10-16-14/h3-4,7-8,12,14,16H,5-6,9-10H2,1-2H3,(H,17,18)/t12-,14+/m0/s1. The predicted molar refractivity (Wildman–Crippen MR) is 73.4 cm³/mol. The molecule has 18 heavy (non-hydrogen) atoms. The summed E-state index contributed by atoms with van der Waals surface area (Å²) in [6.45, 7) is 5.08. The number of hydrogen-bond acceptors (Lipinski definition) is 2. The van der Waals surface area contributed by atoms with Crippen LogP contribution in [0, 0.1) is 6.92 Å². The van der Waals surface area contributed by atoms with Crippen LogP contribution in [0.2, 0.25) is 0 Å². The Balaban J connectivity index is 1.96. The molecule has 3 heteroatoms. The first-order chi connectivity index (χ1) is 8.68. The molecule has 1 amide bonds. The lowest BCUT2D eigenvalue weighted by molar-refractivity contribution is -0.124. The number of hydrogen-bond donors (Lipinski definition) is 2. The van der Waals surface area contributed by atoms with Crippen LogP contribution >= 0.6 is 0 Å². The molecule has 98 valence electrons. The second-order valence-electron chi connectivity index (χ2n) is 5.09. The van der Waals surface area contributed by atoms with Crippen LogP contribution in [0.4, 0.5) is 0 Å². The molecule has 1 aromatic rings. The van der Waals surface area contributed by atoms with Crippen LogP contribution < -0.4 is 10.6 Å². The van der Waals surface area contributed by atoms with Crippen molar-refractivity contribution in [3.63, 3.8) is 0 Å². The zero-order valence-electron chi connectivity index (χ0n) is 11.2. The molecular weight excluding hydrogens is 224 g/mol. The monoisotopic (exact) mass is 246 g/mol. The van der Waals surface area contributed by atoms with E-state index >= 15 is 0 Å². The van der Waals surface area contributed by atoms with Gasteiger partial charge in [-0.3, -0.25) is 4.79 Å². The Morgan fingerprint density at radius 3 is 2.83 bits per heavy atom. The topological polar surface area (TPSA) is 41.1 Å². The molecule has 1 saturated heterocycles. The molecule has 2 atom stereocenters. The van der Waals surface area contributed by atoms with Gasteiger partial charge in [0.1, 0.15) is 0 Å². The SMILES string of the molecule is Cc1ccccc1[C@H](C)NC(=O)[C@H]1CCCCN1. The zero-order valence-corrected chi connectivity index (χ0v) is 11.2. The highest BCUT2D eigenvalue weighted by molar-refractivity contribution is 5.82. The Kier molecular flexibility index (Phi) is 4.37. The number of aryl methyl sites for hydroxylation is 1. The molecule has 0 spiro atoms. The van der Waals surface area contributed by atoms with Crippen molar-refractivity contribution in [1.82, 2.24) is 10.6 Å². The van der Waals surface area contributed by atoms with Crippen molar-refractivity contribution in [3.8, 4) is 0 Å². The van der Waals surface area contributed by atoms with E-state index in [1.165, 1.54) is 17.5 Å². The van der Waals surface area contributed by atoms with Crippen LogP contribution in [0.1, 0.15) is 43.4 Å². The minimum Gasteiger partial charge on any atom is -0.348 e. The van der Waals surface area contributed by atoms with Gasteiger partial charge >= 0.3 is 0 Å². The lowest BCUT2D eigenvalue weighted by atomic mass is 10.0. The van der Waals surface area contributed by atoms with E-state index in [1.54, 1.807) is 0 Å². The number of amides is 1. The fraction of sp³-hybridized carbons (Fsp3) is 0.533. The minimum absolute atomic E-state index is 0.00906. The lowest BCUT2D eigenvalue weighted by Gasteiger charge is -2.25. The highest BCUT2D eigenvalue weighted by Crippen LogP contribution is 2.17. The fourth-order valence-electron chi connectivity index (χ4n) is 2.54. The van der Waals surface area contributed by atoms with Gasteiger partial charge in [-0.1, -0.05) is 30.7 Å². The Hall–Kier alpha value is -1.35. The van der Waals surface area contributed by atoms with E-state index in [9.17, 15) is 4.79 Å². The van der Waals surface area contributed by atoms with Crippen molar-refractivity contribution in [2.24, 2.45) is 0 Å². The Morgan fingerprint density at radius 2 is 2.17 bits per heavy atom. The summed E-state index contributed by atoms with van der Waals surface area (Å²) in [7, 11) is 0. The summed E-state index contributed by atoms with van der Waals surface area (Å²) in [5.74, 6) is 0.130. The molecule has 2 N–H and O–H groups in total. The van der Waals surface area contributed by atoms with Gasteiger partial charge < -0.3 is 10.6 Å². The van der Waals surface area contributed by atoms with Crippen LogP contribution in [0.5, 0.6) is 0 Å². The molecule has 0 aliphatic carbocycles. The highest BCUT2D eigenvalue weighted by Gasteiger charge is 2.22. The molecule has 1 heterocycles. The molecule has 3 nitrogen and oxygen atoms in total. The second-order valence-corrected chi connectivity index (χ2v) is 5.09. The molecule has 1 aliphatic rings. The van der Waals surface area contributed by atoms with Gasteiger partial charge in [-0.05, 0) is 44.4 Å². The van der Waals surface area contributed by atoms with E-state index in [2.05, 4.69) is 29.7 Å². The highest BCUT2D eigenvalue weighted by atomic mass is 16.2. The van der Waals surface area contributed by atoms with E-state index in [0.717, 1.165) is 19.4 Å². The van der Waals surface area contributed by atoms with Crippen molar-refractivity contribution in [2.45, 2.75) is 45.2 Å². The van der Waals surface area contributed by atoms with Crippen molar-refractivity contribution in [2.75, 3.05) is 6.54 Å². The molecule has 0 radical (unpaired) electrons. The van der Waals surface area contributed by atoms with Crippen LogP contribution in [0.15, 0.2) is 24.3 Å². The zero-order chi connectivity index (χ0) is 13.0. The summed E-state index contributed by atoms with van der Waals surface area (Å²) in [6, 6.07) is 8.26. The normalized spacial score (nSPS) is 21.3. The predicted octanol–water partition coefficient (Wildman–Crippen LogP) is 2.31. The van der Waals surface area contributed by atoms with Gasteiger partial charge in [0, 0.05) is 0 Å². The molecular formula is C15H22N2O. The number of piperidine rings is 1. The molecule has 2 rings (SSSR count). The third-order valence-corrected chi connectivity index (χ3v) is 3.64. The number of carbonyl (C=O) groups excluding carboxylic acids is 1. The van der Waals surface area contributed by atoms with Crippen LogP contribution in [-0.2, 0) is 4.79 Å². The largest absolute Gasteiger partial charge is 0.348 e. The summed E-state index contributed by atoms with van der Waals surface area (Å²) in [5, 5.41) is 6.38. The summed E-state index contributed by atoms with van der Waals surface area (Å²) >= 11 is 0. The second kappa shape index (κ2) is 6.01. The smallest absolute Gasteiger partial charge is 0.237 e. The quantitative estimate of drug-likeness (QED) is 0.859. The molecule has 0 saturated carbocycles. The first-order valence-corrected chi connectivity index (χ1v) is 6.78. The number of benzene rings is 1. The summed E-state index contributed by atoms with van der Waals surface area (Å²) in [6.07, 6.45) is 3.27. The third-order valence-electron chi connectivity index (χ3n) is 3.64. The molecule has 1 aromatic carbocycles. The van der Waals surface area contributed by atoms with Gasteiger partial charge in [-0.25, -0.2) is 0 Å². The maximum absolute atomic E-state index is 12.1. The van der Waals surface area contributed by atoms with E-state index in [-0.39, 0.29) is 18.0 Å². The maximum atomic E-state index is 12.1. The lowest BCUT2D eigenvalue weighted by Crippen LogP contribution is -2.47. The average Bonchev–Trinajstić information content (AvgIpc) is 2.40. The van der Waals surface area contributed by atoms with Crippen molar-refractivity contribution in [1.29, 1.82) is 0 Å². The molecule has 1 fully saturated rings. The number of nitrogens with one attached hydrogen (secondary N) is 2. The van der Waals surface area contributed by atoms with Crippen LogP contribution in [-0.4, -0.2) is 18.5 Å². The number of carbonyl (C=O) groups is 1. The summed E-state index contributed by atoms with van der Waals surface area (Å²) < 4.78 is 0. The van der Waals surface area contributed by atoms with Crippen LogP contribution in [0.25, 0.3) is 0 Å². The minimum atomic E-state index is -0.00906. The van der Waals surface area contributed by atoms with Crippen molar-refractivity contribution >= 4 is 5.91 Å². The van der Waals surface area contributed by atoms with E-state index < -0.39 is 0 Å². The number of rotatable bonds is 3. The van der Waals surface area contributed by atoms with Crippen molar-refractivity contribution in [3.05, 3.63) is 35.4 Å². The Labute approximate surface area is 109 Å². The van der Waals surface area contributed by atoms with Gasteiger partial charge in [-0.2, -0.15) is 0 Å². The van der Waals surface area contributed by atoms with Crippen molar-refractivity contribution < 1.29 is 4.79 Å². The van der Waals surface area contributed by atoms with Gasteiger partial charge in [0.15, 0.2) is 0 Å². The van der Waals surface area contributed by atoms with Crippen LogP contribution in [0.3, 0.4) is 0 Å².